The first kappa shape index (κ1) is 26.0. The maximum absolute atomic E-state index is 13.7. The third kappa shape index (κ3) is 5.07. The molecule has 0 aliphatic carbocycles. The minimum atomic E-state index is -4.53. The fraction of sp³-hybridized carbons (Fsp3) is 0. The Bertz CT molecular complexity index is 1500. The number of benzene rings is 3. The van der Waals surface area contributed by atoms with E-state index in [9.17, 15) is 50.4 Å². The highest BCUT2D eigenvalue weighted by Gasteiger charge is 2.26. The van der Waals surface area contributed by atoms with Gasteiger partial charge in [0.05, 0.1) is 32.8 Å². The van der Waals surface area contributed by atoms with Crippen molar-refractivity contribution < 1.29 is 45.2 Å². The molecule has 0 saturated heterocycles. The molecule has 0 heterocycles. The molecule has 3 N–H and O–H groups in total. The maximum Gasteiger partial charge on any atom is 0.337 e. The first-order chi connectivity index (χ1) is 16.8. The van der Waals surface area contributed by atoms with Gasteiger partial charge < -0.3 is 5.11 Å². The van der Waals surface area contributed by atoms with Gasteiger partial charge in [-0.3, -0.25) is 20.3 Å². The van der Waals surface area contributed by atoms with Crippen LogP contribution in [-0.4, -0.2) is 30.6 Å². The summed E-state index contributed by atoms with van der Waals surface area (Å²) in [5.41, 5.74) is -1.58. The summed E-state index contributed by atoms with van der Waals surface area (Å²) in [6.07, 6.45) is 0.190. The Hall–Kier alpha value is -4.60. The lowest BCUT2D eigenvalue weighted by molar-refractivity contribution is -0.384. The molecule has 0 saturated carbocycles. The van der Waals surface area contributed by atoms with E-state index in [1.807, 2.05) is 10.1 Å². The van der Waals surface area contributed by atoms with E-state index in [0.29, 0.717) is 6.07 Å². The number of anilines is 2. The third-order valence-electron chi connectivity index (χ3n) is 4.50. The first-order valence-electron chi connectivity index (χ1n) is 9.29. The van der Waals surface area contributed by atoms with Gasteiger partial charge in [0.15, 0.2) is 23.3 Å². The minimum absolute atomic E-state index is 0.190. The van der Waals surface area contributed by atoms with Crippen LogP contribution in [0.3, 0.4) is 0 Å². The Morgan fingerprint density at radius 1 is 0.944 bits per heavy atom. The van der Waals surface area contributed by atoms with E-state index in [1.165, 1.54) is 12.1 Å². The fourth-order valence-corrected chi connectivity index (χ4v) is 3.89. The smallest absolute Gasteiger partial charge is 0.337 e. The van der Waals surface area contributed by atoms with Crippen LogP contribution >= 0.6 is 0 Å². The molecule has 10 nitrogen and oxygen atoms in total. The summed E-state index contributed by atoms with van der Waals surface area (Å²) in [5, 5.41) is 23.8. The average Bonchev–Trinajstić information content (AvgIpc) is 2.83. The number of nitro groups is 1. The molecule has 0 aliphatic heterocycles. The van der Waals surface area contributed by atoms with Crippen LogP contribution in [0.25, 0.3) is 0 Å². The van der Waals surface area contributed by atoms with Crippen molar-refractivity contribution in [3.63, 3.8) is 0 Å². The number of para-hydroxylation sites is 1. The van der Waals surface area contributed by atoms with Crippen molar-refractivity contribution in [2.45, 2.75) is 4.90 Å². The van der Waals surface area contributed by atoms with Crippen molar-refractivity contribution in [2.24, 2.45) is 5.10 Å². The van der Waals surface area contributed by atoms with Crippen LogP contribution in [0, 0.1) is 39.2 Å². The second kappa shape index (κ2) is 9.95. The Morgan fingerprint density at radius 2 is 1.53 bits per heavy atom. The van der Waals surface area contributed by atoms with E-state index in [2.05, 4.69) is 5.10 Å². The Kier molecular flexibility index (Phi) is 7.19. The van der Waals surface area contributed by atoms with Gasteiger partial charge in [-0.05, 0) is 24.3 Å². The molecule has 36 heavy (non-hydrogen) atoms. The largest absolute Gasteiger partial charge is 0.478 e. The number of nitrogens with one attached hydrogen (secondary N) is 2. The van der Waals surface area contributed by atoms with Crippen LogP contribution in [-0.2, 0) is 10.0 Å². The number of carbonyl (C=O) groups is 1. The van der Waals surface area contributed by atoms with Gasteiger partial charge in [0.2, 0.25) is 5.82 Å². The molecule has 16 heteroatoms. The number of hydrogen-bond acceptors (Lipinski definition) is 7. The second-order valence-electron chi connectivity index (χ2n) is 6.75. The molecule has 0 bridgehead atoms. The highest BCUT2D eigenvalue weighted by molar-refractivity contribution is 7.92. The van der Waals surface area contributed by atoms with Crippen LogP contribution in [0.5, 0.6) is 0 Å². The van der Waals surface area contributed by atoms with Gasteiger partial charge in [0, 0.05) is 6.07 Å². The third-order valence-corrected chi connectivity index (χ3v) is 5.86. The topological polar surface area (TPSA) is 151 Å². The molecule has 3 aromatic carbocycles. The number of halogens is 5. The quantitative estimate of drug-likeness (QED) is 0.0984. The standard InChI is InChI=1S/C20H11F5N4O6S/c21-15-11(16(22)18(24)19(25)17(15)23)8-26-27-13-6-5-9(7-14(13)29(32)33)36(34,35)28-12-4-2-1-3-10(12)20(30)31/h1-8,27-28H,(H,30,31)/b26-8+. The molecule has 188 valence electrons. The number of nitro benzene ring substituents is 1. The van der Waals surface area contributed by atoms with E-state index >= 15 is 0 Å². The summed E-state index contributed by atoms with van der Waals surface area (Å²) in [7, 11) is -4.53. The highest BCUT2D eigenvalue weighted by Crippen LogP contribution is 2.29. The van der Waals surface area contributed by atoms with Gasteiger partial charge in [-0.25, -0.2) is 35.2 Å². The maximum atomic E-state index is 13.7. The number of sulfonamides is 1. The van der Waals surface area contributed by atoms with E-state index in [4.69, 9.17) is 0 Å². The lowest BCUT2D eigenvalue weighted by Gasteiger charge is -2.11. The fourth-order valence-electron chi connectivity index (χ4n) is 2.79. The van der Waals surface area contributed by atoms with Gasteiger partial charge in [0.1, 0.15) is 5.69 Å². The zero-order chi connectivity index (χ0) is 26.8. The van der Waals surface area contributed by atoms with E-state index in [0.717, 1.165) is 24.3 Å². The number of carboxylic acid groups (broad SMARTS) is 1. The number of nitrogens with zero attached hydrogens (tertiary/aromatic N) is 2. The summed E-state index contributed by atoms with van der Waals surface area (Å²) >= 11 is 0. The number of aromatic carboxylic acids is 1. The average molecular weight is 530 g/mol. The van der Waals surface area contributed by atoms with Crippen molar-refractivity contribution in [3.8, 4) is 0 Å². The van der Waals surface area contributed by atoms with Gasteiger partial charge in [-0.1, -0.05) is 12.1 Å². The summed E-state index contributed by atoms with van der Waals surface area (Å²) in [6.45, 7) is 0. The lowest BCUT2D eigenvalue weighted by Crippen LogP contribution is -2.16. The minimum Gasteiger partial charge on any atom is -0.478 e. The Morgan fingerprint density at radius 3 is 2.11 bits per heavy atom. The van der Waals surface area contributed by atoms with E-state index in [1.54, 1.807) is 0 Å². The molecule has 3 aromatic rings. The molecule has 0 aliphatic rings. The van der Waals surface area contributed by atoms with Crippen LogP contribution in [0.4, 0.5) is 39.0 Å². The molecule has 0 aromatic heterocycles. The zero-order valence-corrected chi connectivity index (χ0v) is 18.1. The van der Waals surface area contributed by atoms with Crippen LogP contribution in [0.1, 0.15) is 15.9 Å². The van der Waals surface area contributed by atoms with E-state index < -0.39 is 77.4 Å². The van der Waals surface area contributed by atoms with Crippen molar-refractivity contribution in [1.82, 2.24) is 0 Å². The van der Waals surface area contributed by atoms with Gasteiger partial charge in [0.25, 0.3) is 15.7 Å². The summed E-state index contributed by atoms with van der Waals surface area (Å²) < 4.78 is 94.4. The highest BCUT2D eigenvalue weighted by atomic mass is 32.2. The van der Waals surface area contributed by atoms with Crippen molar-refractivity contribution in [2.75, 3.05) is 10.1 Å². The molecule has 0 radical (unpaired) electrons. The lowest BCUT2D eigenvalue weighted by atomic mass is 10.2. The number of carboxylic acids is 1. The molecule has 0 amide bonds. The van der Waals surface area contributed by atoms with Crippen molar-refractivity contribution in [1.29, 1.82) is 0 Å². The second-order valence-corrected chi connectivity index (χ2v) is 8.43. The predicted molar refractivity (Wildman–Crippen MR) is 115 cm³/mol. The summed E-state index contributed by atoms with van der Waals surface area (Å²) in [4.78, 5) is 21.0. The Balaban J connectivity index is 1.93. The monoisotopic (exact) mass is 530 g/mol. The first-order valence-corrected chi connectivity index (χ1v) is 10.8. The van der Waals surface area contributed by atoms with Gasteiger partial charge >= 0.3 is 5.97 Å². The van der Waals surface area contributed by atoms with E-state index in [-0.39, 0.29) is 11.9 Å². The van der Waals surface area contributed by atoms with Gasteiger partial charge in [-0.15, -0.1) is 0 Å². The molecule has 0 spiro atoms. The zero-order valence-electron chi connectivity index (χ0n) is 17.3. The summed E-state index contributed by atoms with van der Waals surface area (Å²) in [5.74, 6) is -12.7. The molecule has 3 rings (SSSR count). The van der Waals surface area contributed by atoms with Crippen molar-refractivity contribution >= 4 is 39.3 Å². The molecule has 0 atom stereocenters. The molecule has 0 unspecified atom stereocenters. The number of hydrogen-bond donors (Lipinski definition) is 3. The van der Waals surface area contributed by atoms with Crippen molar-refractivity contribution in [3.05, 3.63) is 92.8 Å². The number of hydrazone groups is 1. The molecular formula is C20H11F5N4O6S. The number of rotatable bonds is 8. The SMILES string of the molecule is O=C(O)c1ccccc1NS(=O)(=O)c1ccc(N/N=C/c2c(F)c(F)c(F)c(F)c2F)c([N+](=O)[O-])c1. The van der Waals surface area contributed by atoms with Crippen LogP contribution in [0.2, 0.25) is 0 Å². The molecular weight excluding hydrogens is 519 g/mol. The van der Waals surface area contributed by atoms with Crippen LogP contribution in [0.15, 0.2) is 52.5 Å². The normalized spacial score (nSPS) is 11.5. The predicted octanol–water partition coefficient (Wildman–Crippen LogP) is 4.24. The molecule has 0 fully saturated rings. The Labute approximate surface area is 197 Å². The summed E-state index contributed by atoms with van der Waals surface area (Å²) in [6, 6.07) is 7.24. The van der Waals surface area contributed by atoms with Gasteiger partial charge in [-0.2, -0.15) is 5.10 Å². The van der Waals surface area contributed by atoms with Crippen LogP contribution < -0.4 is 10.1 Å².